The van der Waals surface area contributed by atoms with Crippen molar-refractivity contribution in [2.45, 2.75) is 51.4 Å². The molecule has 184 valence electrons. The van der Waals surface area contributed by atoms with Gasteiger partial charge in [-0.25, -0.2) is 23.4 Å². The fourth-order valence-corrected chi connectivity index (χ4v) is 5.68. The van der Waals surface area contributed by atoms with Crippen LogP contribution in [0.1, 0.15) is 44.2 Å². The summed E-state index contributed by atoms with van der Waals surface area (Å²) in [6.45, 7) is 4.51. The molecule has 0 bridgehead atoms. The van der Waals surface area contributed by atoms with Crippen molar-refractivity contribution >= 4 is 34.2 Å². The Bertz CT molecular complexity index is 1240. The standard InChI is InChI=1S/C25H28F2IN7/c1-17-14-19(30-23(29-17)34-12-8-25(26,27)9-13-34)20-16-35(32-31-20)21-3-2-18(28)15-22(21)33-10-6-24(4-5-24)7-11-33/h2-3,14-16H,4-13H2,1H3. The van der Waals surface area contributed by atoms with Gasteiger partial charge >= 0.3 is 0 Å². The summed E-state index contributed by atoms with van der Waals surface area (Å²) in [5.74, 6) is -2.13. The molecule has 2 saturated heterocycles. The Kier molecular flexibility index (Phi) is 5.69. The molecule has 6 rings (SSSR count). The van der Waals surface area contributed by atoms with Crippen molar-refractivity contribution in [2.24, 2.45) is 5.41 Å². The van der Waals surface area contributed by atoms with Crippen LogP contribution in [-0.4, -0.2) is 57.1 Å². The van der Waals surface area contributed by atoms with Gasteiger partial charge < -0.3 is 9.80 Å². The molecule has 4 heterocycles. The summed E-state index contributed by atoms with van der Waals surface area (Å²) in [6.07, 6.45) is 6.82. The van der Waals surface area contributed by atoms with Crippen LogP contribution in [0.3, 0.4) is 0 Å². The number of aromatic nitrogens is 5. The Hall–Kier alpha value is -2.37. The number of aryl methyl sites for hydroxylation is 1. The second kappa shape index (κ2) is 8.63. The second-order valence-corrected chi connectivity index (χ2v) is 11.5. The predicted molar refractivity (Wildman–Crippen MR) is 139 cm³/mol. The molecule has 3 fully saturated rings. The van der Waals surface area contributed by atoms with E-state index in [1.165, 1.54) is 34.9 Å². The zero-order valence-corrected chi connectivity index (χ0v) is 21.9. The summed E-state index contributed by atoms with van der Waals surface area (Å²) < 4.78 is 30.3. The summed E-state index contributed by atoms with van der Waals surface area (Å²) in [5.41, 5.74) is 4.86. The first-order valence-corrected chi connectivity index (χ1v) is 13.3. The predicted octanol–water partition coefficient (Wildman–Crippen LogP) is 5.25. The van der Waals surface area contributed by atoms with E-state index in [1.54, 1.807) is 0 Å². The molecule has 0 amide bonds. The average Bonchev–Trinajstić information content (AvgIpc) is 3.39. The lowest BCUT2D eigenvalue weighted by Gasteiger charge is -2.35. The van der Waals surface area contributed by atoms with Crippen molar-refractivity contribution in [3.8, 4) is 17.1 Å². The zero-order valence-electron chi connectivity index (χ0n) is 19.7. The molecule has 1 aromatic carbocycles. The van der Waals surface area contributed by atoms with Gasteiger partial charge in [0.15, 0.2) is 0 Å². The van der Waals surface area contributed by atoms with Gasteiger partial charge in [-0.1, -0.05) is 5.21 Å². The van der Waals surface area contributed by atoms with E-state index in [4.69, 9.17) is 0 Å². The van der Waals surface area contributed by atoms with Crippen LogP contribution in [0.2, 0.25) is 0 Å². The molecule has 7 nitrogen and oxygen atoms in total. The molecule has 1 aliphatic carbocycles. The van der Waals surface area contributed by atoms with Gasteiger partial charge in [-0.05, 0) is 84.9 Å². The molecule has 0 unspecified atom stereocenters. The number of alkyl halides is 2. The maximum atomic E-state index is 13.6. The first kappa shape index (κ1) is 23.1. The zero-order chi connectivity index (χ0) is 24.2. The molecule has 0 atom stereocenters. The van der Waals surface area contributed by atoms with E-state index in [0.717, 1.165) is 24.5 Å². The maximum absolute atomic E-state index is 13.6. The van der Waals surface area contributed by atoms with Crippen LogP contribution < -0.4 is 9.80 Å². The highest BCUT2D eigenvalue weighted by molar-refractivity contribution is 14.1. The highest BCUT2D eigenvalue weighted by Gasteiger charge is 2.44. The fourth-order valence-electron chi connectivity index (χ4n) is 5.20. The smallest absolute Gasteiger partial charge is 0.251 e. The lowest BCUT2D eigenvalue weighted by Crippen LogP contribution is -2.40. The number of benzene rings is 1. The highest BCUT2D eigenvalue weighted by atomic mass is 127. The van der Waals surface area contributed by atoms with Crippen molar-refractivity contribution < 1.29 is 8.78 Å². The Labute approximate surface area is 217 Å². The van der Waals surface area contributed by atoms with Gasteiger partial charge in [-0.15, -0.1) is 5.10 Å². The van der Waals surface area contributed by atoms with Gasteiger partial charge in [0.2, 0.25) is 5.95 Å². The molecule has 2 aromatic heterocycles. The molecule has 35 heavy (non-hydrogen) atoms. The Morgan fingerprint density at radius 2 is 1.54 bits per heavy atom. The monoisotopic (exact) mass is 591 g/mol. The van der Waals surface area contributed by atoms with Gasteiger partial charge in [0, 0.05) is 48.3 Å². The number of halogens is 3. The largest absolute Gasteiger partial charge is 0.370 e. The summed E-state index contributed by atoms with van der Waals surface area (Å²) >= 11 is 2.36. The maximum Gasteiger partial charge on any atom is 0.251 e. The molecule has 0 radical (unpaired) electrons. The van der Waals surface area contributed by atoms with Crippen LogP contribution in [0.5, 0.6) is 0 Å². The van der Waals surface area contributed by atoms with Crippen LogP contribution >= 0.6 is 22.6 Å². The van der Waals surface area contributed by atoms with Crippen LogP contribution in [0.25, 0.3) is 17.1 Å². The van der Waals surface area contributed by atoms with E-state index in [9.17, 15) is 8.78 Å². The number of piperidine rings is 2. The Morgan fingerprint density at radius 3 is 2.26 bits per heavy atom. The van der Waals surface area contributed by atoms with E-state index in [0.29, 0.717) is 22.8 Å². The van der Waals surface area contributed by atoms with Gasteiger partial charge in [-0.3, -0.25) is 0 Å². The average molecular weight is 591 g/mol. The number of hydrogen-bond acceptors (Lipinski definition) is 6. The topological polar surface area (TPSA) is 63.0 Å². The van der Waals surface area contributed by atoms with Crippen molar-refractivity contribution in [3.63, 3.8) is 0 Å². The van der Waals surface area contributed by atoms with Crippen molar-refractivity contribution in [1.82, 2.24) is 25.0 Å². The first-order chi connectivity index (χ1) is 16.8. The van der Waals surface area contributed by atoms with Crippen molar-refractivity contribution in [1.29, 1.82) is 0 Å². The minimum absolute atomic E-state index is 0.178. The number of hydrogen-bond donors (Lipinski definition) is 0. The summed E-state index contributed by atoms with van der Waals surface area (Å²) in [6, 6.07) is 8.28. The highest BCUT2D eigenvalue weighted by Crippen LogP contribution is 2.54. The lowest BCUT2D eigenvalue weighted by atomic mass is 9.93. The van der Waals surface area contributed by atoms with Gasteiger partial charge in [-0.2, -0.15) is 0 Å². The van der Waals surface area contributed by atoms with Gasteiger partial charge in [0.1, 0.15) is 5.69 Å². The molecule has 1 saturated carbocycles. The minimum atomic E-state index is -2.61. The second-order valence-electron chi connectivity index (χ2n) is 10.2. The van der Waals surface area contributed by atoms with E-state index >= 15 is 0 Å². The Balaban J connectivity index is 1.28. The van der Waals surface area contributed by atoms with Crippen molar-refractivity contribution in [2.75, 3.05) is 36.0 Å². The SMILES string of the molecule is Cc1cc(-c2cn(-c3ccc(I)cc3N3CCC4(CC3)CC4)nn2)nc(N2CCC(F)(F)CC2)n1. The molecule has 2 aliphatic heterocycles. The van der Waals surface area contributed by atoms with Gasteiger partial charge in [0.25, 0.3) is 5.92 Å². The van der Waals surface area contributed by atoms with Crippen LogP contribution in [-0.2, 0) is 0 Å². The van der Waals surface area contributed by atoms with E-state index in [2.05, 4.69) is 66.0 Å². The molecule has 10 heteroatoms. The molecular formula is C25H28F2IN7. The third-order valence-corrected chi connectivity index (χ3v) is 8.35. The van der Waals surface area contributed by atoms with Gasteiger partial charge in [0.05, 0.1) is 23.3 Å². The third kappa shape index (κ3) is 4.73. The molecule has 3 aromatic rings. The summed E-state index contributed by atoms with van der Waals surface area (Å²) in [4.78, 5) is 13.5. The normalized spacial score (nSPS) is 20.9. The number of nitrogens with zero attached hydrogens (tertiary/aromatic N) is 7. The molecule has 3 aliphatic rings. The third-order valence-electron chi connectivity index (χ3n) is 7.68. The number of rotatable bonds is 4. The molecular weight excluding hydrogens is 563 g/mol. The van der Waals surface area contributed by atoms with E-state index in [-0.39, 0.29) is 25.9 Å². The lowest BCUT2D eigenvalue weighted by molar-refractivity contribution is -0.0222. The summed E-state index contributed by atoms with van der Waals surface area (Å²) in [7, 11) is 0. The van der Waals surface area contributed by atoms with E-state index in [1.807, 2.05) is 28.8 Å². The van der Waals surface area contributed by atoms with Crippen LogP contribution in [0.15, 0.2) is 30.5 Å². The van der Waals surface area contributed by atoms with E-state index < -0.39 is 5.92 Å². The van der Waals surface area contributed by atoms with Crippen molar-refractivity contribution in [3.05, 3.63) is 39.7 Å². The quantitative estimate of drug-likeness (QED) is 0.387. The summed E-state index contributed by atoms with van der Waals surface area (Å²) in [5, 5.41) is 8.86. The van der Waals surface area contributed by atoms with Crippen LogP contribution in [0.4, 0.5) is 20.4 Å². The first-order valence-electron chi connectivity index (χ1n) is 12.3. The molecule has 1 spiro atoms. The fraction of sp³-hybridized carbons (Fsp3) is 0.520. The molecule has 0 N–H and O–H groups in total. The number of anilines is 2. The van der Waals surface area contributed by atoms with Crippen LogP contribution in [0, 0.1) is 15.9 Å². The Morgan fingerprint density at radius 1 is 0.829 bits per heavy atom. The minimum Gasteiger partial charge on any atom is -0.370 e.